The molecular weight excluding hydrogens is 467 g/mol. The van der Waals surface area contributed by atoms with E-state index in [0.717, 1.165) is 24.2 Å². The quantitative estimate of drug-likeness (QED) is 0.563. The third kappa shape index (κ3) is 4.84. The van der Waals surface area contributed by atoms with E-state index in [1.54, 1.807) is 0 Å². The van der Waals surface area contributed by atoms with Crippen LogP contribution in [-0.4, -0.2) is 70.5 Å². The molecule has 1 amide bonds. The zero-order valence-electron chi connectivity index (χ0n) is 20.4. The molecule has 0 spiro atoms. The molecule has 1 saturated heterocycles. The minimum atomic E-state index is -4.40. The normalized spacial score (nSPS) is 21.6. The fraction of sp³-hybridized carbons (Fsp3) is 0.407. The third-order valence-electron chi connectivity index (χ3n) is 7.32. The summed E-state index contributed by atoms with van der Waals surface area (Å²) >= 11 is 0. The Balaban J connectivity index is 1.19. The lowest BCUT2D eigenvalue weighted by Gasteiger charge is -2.45. The van der Waals surface area contributed by atoms with Gasteiger partial charge in [-0.2, -0.15) is 13.2 Å². The van der Waals surface area contributed by atoms with Crippen molar-refractivity contribution in [2.45, 2.75) is 38.5 Å². The molecule has 1 aromatic carbocycles. The van der Waals surface area contributed by atoms with Gasteiger partial charge in [0.05, 0.1) is 12.1 Å². The topological polar surface area (TPSA) is 55.5 Å². The molecule has 6 nitrogen and oxygen atoms in total. The van der Waals surface area contributed by atoms with Crippen molar-refractivity contribution in [2.24, 2.45) is 0 Å². The summed E-state index contributed by atoms with van der Waals surface area (Å²) in [6.45, 7) is 6.89. The molecule has 4 heterocycles. The first kappa shape index (κ1) is 24.4. The van der Waals surface area contributed by atoms with Crippen molar-refractivity contribution in [1.82, 2.24) is 19.8 Å². The van der Waals surface area contributed by atoms with Crippen LogP contribution in [0, 0.1) is 0 Å². The van der Waals surface area contributed by atoms with Crippen LogP contribution in [0.4, 0.5) is 19.0 Å². The summed E-state index contributed by atoms with van der Waals surface area (Å²) in [4.78, 5) is 26.6. The molecule has 2 atom stereocenters. The van der Waals surface area contributed by atoms with Gasteiger partial charge >= 0.3 is 6.18 Å². The Bertz CT molecular complexity index is 1250. The molecule has 9 heteroatoms. The van der Waals surface area contributed by atoms with Gasteiger partial charge in [-0.1, -0.05) is 24.3 Å². The number of carbonyl (C=O) groups is 1. The number of aromatic amines is 1. The maximum atomic E-state index is 13.2. The number of pyridine rings is 1. The first-order chi connectivity index (χ1) is 17.2. The van der Waals surface area contributed by atoms with E-state index in [-0.39, 0.29) is 18.0 Å². The number of para-hydroxylation sites is 1. The number of piperazine rings is 1. The Morgan fingerprint density at radius 2 is 1.86 bits per heavy atom. The predicted octanol–water partition coefficient (Wildman–Crippen LogP) is 4.80. The number of hydrogen-bond donors (Lipinski definition) is 1. The number of anilines is 1. The highest BCUT2D eigenvalue weighted by Gasteiger charge is 2.34. The van der Waals surface area contributed by atoms with Gasteiger partial charge in [-0.3, -0.25) is 9.69 Å². The van der Waals surface area contributed by atoms with E-state index in [2.05, 4.69) is 33.1 Å². The Morgan fingerprint density at radius 1 is 1.11 bits per heavy atom. The van der Waals surface area contributed by atoms with Gasteiger partial charge in [0.1, 0.15) is 5.82 Å². The van der Waals surface area contributed by atoms with Crippen molar-refractivity contribution in [3.63, 3.8) is 0 Å². The number of fused-ring (bicyclic) bond motifs is 1. The number of amides is 1. The Kier molecular flexibility index (Phi) is 6.51. The van der Waals surface area contributed by atoms with Gasteiger partial charge in [-0.15, -0.1) is 0 Å². The molecule has 0 unspecified atom stereocenters. The van der Waals surface area contributed by atoms with Crippen LogP contribution in [0.1, 0.15) is 31.4 Å². The summed E-state index contributed by atoms with van der Waals surface area (Å²) in [5.41, 5.74) is 2.82. The van der Waals surface area contributed by atoms with Crippen LogP contribution in [0.25, 0.3) is 16.5 Å². The second kappa shape index (κ2) is 9.61. The Hall–Kier alpha value is -3.33. The molecule has 0 radical (unpaired) electrons. The van der Waals surface area contributed by atoms with Crippen molar-refractivity contribution in [3.8, 4) is 0 Å². The zero-order chi connectivity index (χ0) is 25.4. The minimum Gasteiger partial charge on any atom is -0.361 e. The summed E-state index contributed by atoms with van der Waals surface area (Å²) in [5, 5.41) is 1.20. The van der Waals surface area contributed by atoms with Gasteiger partial charge in [-0.25, -0.2) is 4.98 Å². The van der Waals surface area contributed by atoms with Gasteiger partial charge in [0.25, 0.3) is 0 Å². The van der Waals surface area contributed by atoms with Crippen LogP contribution in [0.15, 0.2) is 54.9 Å². The number of carbonyl (C=O) groups excluding carboxylic acids is 1. The van der Waals surface area contributed by atoms with Crippen molar-refractivity contribution in [1.29, 1.82) is 0 Å². The third-order valence-corrected chi connectivity index (χ3v) is 7.32. The van der Waals surface area contributed by atoms with E-state index in [9.17, 15) is 18.0 Å². The first-order valence-electron chi connectivity index (χ1n) is 12.3. The van der Waals surface area contributed by atoms with E-state index in [0.29, 0.717) is 38.5 Å². The molecule has 1 fully saturated rings. The van der Waals surface area contributed by atoms with Gasteiger partial charge in [0.2, 0.25) is 5.91 Å². The second-order valence-electron chi connectivity index (χ2n) is 9.75. The molecule has 2 aliphatic heterocycles. The fourth-order valence-corrected chi connectivity index (χ4v) is 5.33. The van der Waals surface area contributed by atoms with Crippen molar-refractivity contribution in [3.05, 3.63) is 66.0 Å². The maximum Gasteiger partial charge on any atom is 0.417 e. The SMILES string of the molecule is C[C@@H]1CN(c2ccc(C(F)(F)F)cn2)C[C@H](C)N1CC(=O)N1CC=C(c2c[nH]c3ccccc23)CC1. The number of rotatable bonds is 4. The number of aromatic nitrogens is 2. The van der Waals surface area contributed by atoms with Gasteiger partial charge in [0.15, 0.2) is 0 Å². The van der Waals surface area contributed by atoms with Crippen LogP contribution in [-0.2, 0) is 11.0 Å². The largest absolute Gasteiger partial charge is 0.417 e. The first-order valence-corrected chi connectivity index (χ1v) is 12.3. The number of nitrogens with zero attached hydrogens (tertiary/aromatic N) is 4. The number of H-pyrrole nitrogens is 1. The zero-order valence-corrected chi connectivity index (χ0v) is 20.4. The Labute approximate surface area is 208 Å². The number of nitrogens with one attached hydrogen (secondary N) is 1. The molecule has 2 aromatic heterocycles. The molecule has 1 N–H and O–H groups in total. The van der Waals surface area contributed by atoms with E-state index in [1.165, 1.54) is 22.6 Å². The molecule has 190 valence electrons. The second-order valence-corrected chi connectivity index (χ2v) is 9.75. The van der Waals surface area contributed by atoms with E-state index >= 15 is 0 Å². The average molecular weight is 498 g/mol. The van der Waals surface area contributed by atoms with E-state index in [1.807, 2.05) is 42.0 Å². The standard InChI is InChI=1S/C27H30F3N5O/c1-18-15-34(25-8-7-21(13-32-25)27(28,29)30)16-19(2)35(18)17-26(36)33-11-9-20(10-12-33)23-14-31-24-6-4-3-5-22(23)24/h3-9,13-14,18-19,31H,10-12,15-17H2,1-2H3/t18-,19+. The van der Waals surface area contributed by atoms with Crippen LogP contribution < -0.4 is 4.90 Å². The lowest BCUT2D eigenvalue weighted by molar-refractivity contribution is -0.137. The lowest BCUT2D eigenvalue weighted by atomic mass is 9.99. The van der Waals surface area contributed by atoms with Crippen LogP contribution in [0.2, 0.25) is 0 Å². The van der Waals surface area contributed by atoms with Gasteiger partial charge in [0, 0.05) is 67.1 Å². The van der Waals surface area contributed by atoms with E-state index < -0.39 is 11.7 Å². The Morgan fingerprint density at radius 3 is 2.50 bits per heavy atom. The van der Waals surface area contributed by atoms with Gasteiger partial charge < -0.3 is 14.8 Å². The van der Waals surface area contributed by atoms with Crippen molar-refractivity contribution >= 4 is 28.2 Å². The number of alkyl halides is 3. The summed E-state index contributed by atoms with van der Waals surface area (Å²) in [7, 11) is 0. The lowest BCUT2D eigenvalue weighted by Crippen LogP contribution is -2.59. The molecule has 2 aliphatic rings. The summed E-state index contributed by atoms with van der Waals surface area (Å²) in [5.74, 6) is 0.627. The van der Waals surface area contributed by atoms with Gasteiger partial charge in [-0.05, 0) is 44.0 Å². The molecule has 36 heavy (non-hydrogen) atoms. The highest BCUT2D eigenvalue weighted by molar-refractivity contribution is 5.93. The van der Waals surface area contributed by atoms with Crippen LogP contribution in [0.3, 0.4) is 0 Å². The number of hydrogen-bond acceptors (Lipinski definition) is 4. The summed E-state index contributed by atoms with van der Waals surface area (Å²) in [6, 6.07) is 10.8. The van der Waals surface area contributed by atoms with Crippen LogP contribution in [0.5, 0.6) is 0 Å². The maximum absolute atomic E-state index is 13.2. The minimum absolute atomic E-state index is 0.0592. The highest BCUT2D eigenvalue weighted by Crippen LogP contribution is 2.31. The molecule has 3 aromatic rings. The molecule has 5 rings (SSSR count). The predicted molar refractivity (Wildman–Crippen MR) is 135 cm³/mol. The van der Waals surface area contributed by atoms with E-state index in [4.69, 9.17) is 0 Å². The summed E-state index contributed by atoms with van der Waals surface area (Å²) in [6.07, 6.45) is 1.49. The molecule has 0 aliphatic carbocycles. The molecule has 0 saturated carbocycles. The van der Waals surface area contributed by atoms with Crippen LogP contribution >= 0.6 is 0 Å². The fourth-order valence-electron chi connectivity index (χ4n) is 5.33. The number of halogens is 3. The van der Waals surface area contributed by atoms with Crippen molar-refractivity contribution in [2.75, 3.05) is 37.6 Å². The molecular formula is C27H30F3N5O. The monoisotopic (exact) mass is 497 g/mol. The van der Waals surface area contributed by atoms with Crippen molar-refractivity contribution < 1.29 is 18.0 Å². The smallest absolute Gasteiger partial charge is 0.361 e. The molecule has 0 bridgehead atoms. The number of benzene rings is 1. The summed E-state index contributed by atoms with van der Waals surface area (Å²) < 4.78 is 38.6. The average Bonchev–Trinajstić information content (AvgIpc) is 3.30. The highest BCUT2D eigenvalue weighted by atomic mass is 19.4.